The van der Waals surface area contributed by atoms with E-state index in [0.29, 0.717) is 5.56 Å². The van der Waals surface area contributed by atoms with Crippen molar-refractivity contribution in [2.45, 2.75) is 13.8 Å². The molecule has 0 bridgehead atoms. The van der Waals surface area contributed by atoms with Crippen LogP contribution in [0, 0.1) is 11.3 Å². The molecule has 92 valence electrons. The Balaban J connectivity index is 2.52. The summed E-state index contributed by atoms with van der Waals surface area (Å²) in [6, 6.07) is 7.82. The molecule has 0 fully saturated rings. The number of hydrogen-bond acceptors (Lipinski definition) is 3. The first-order chi connectivity index (χ1) is 8.19. The van der Waals surface area contributed by atoms with Crippen LogP contribution in [0.15, 0.2) is 22.7 Å². The van der Waals surface area contributed by atoms with Crippen LogP contribution in [0.3, 0.4) is 0 Å². The summed E-state index contributed by atoms with van der Waals surface area (Å²) in [7, 11) is 0. The molecule has 0 saturated carbocycles. The van der Waals surface area contributed by atoms with Crippen molar-refractivity contribution in [1.29, 1.82) is 5.26 Å². The van der Waals surface area contributed by atoms with E-state index >= 15 is 0 Å². The standard InChI is InChI=1S/C13H18BrN3/c1-3-17(4-2)6-5-16-13-8-11(10-15)7-12(14)9-13/h7-9,16H,3-6H2,1-2H3. The lowest BCUT2D eigenvalue weighted by Gasteiger charge is -2.18. The molecule has 0 aliphatic heterocycles. The summed E-state index contributed by atoms with van der Waals surface area (Å²) in [4.78, 5) is 2.36. The fourth-order valence-corrected chi connectivity index (χ4v) is 2.15. The molecule has 1 aromatic rings. The highest BCUT2D eigenvalue weighted by molar-refractivity contribution is 9.10. The van der Waals surface area contributed by atoms with E-state index in [0.717, 1.165) is 36.3 Å². The summed E-state index contributed by atoms with van der Waals surface area (Å²) in [5.41, 5.74) is 1.66. The third kappa shape index (κ3) is 4.76. The molecule has 0 unspecified atom stereocenters. The van der Waals surface area contributed by atoms with Crippen molar-refractivity contribution in [2.75, 3.05) is 31.5 Å². The molecule has 1 N–H and O–H groups in total. The number of benzene rings is 1. The van der Waals surface area contributed by atoms with E-state index in [-0.39, 0.29) is 0 Å². The number of nitriles is 1. The van der Waals surface area contributed by atoms with E-state index in [1.807, 2.05) is 18.2 Å². The predicted octanol–water partition coefficient (Wildman–Crippen LogP) is 3.07. The average Bonchev–Trinajstić information content (AvgIpc) is 2.34. The van der Waals surface area contributed by atoms with E-state index in [1.165, 1.54) is 0 Å². The first-order valence-electron chi connectivity index (χ1n) is 5.86. The number of nitrogens with zero attached hydrogens (tertiary/aromatic N) is 2. The highest BCUT2D eigenvalue weighted by atomic mass is 79.9. The monoisotopic (exact) mass is 295 g/mol. The zero-order valence-corrected chi connectivity index (χ0v) is 11.9. The Morgan fingerprint density at radius 2 is 2.00 bits per heavy atom. The summed E-state index contributed by atoms with van der Waals surface area (Å²) < 4.78 is 0.932. The zero-order chi connectivity index (χ0) is 12.7. The van der Waals surface area contributed by atoms with E-state index in [4.69, 9.17) is 5.26 Å². The van der Waals surface area contributed by atoms with E-state index < -0.39 is 0 Å². The van der Waals surface area contributed by atoms with Gasteiger partial charge in [-0.05, 0) is 31.3 Å². The second kappa shape index (κ2) is 7.31. The highest BCUT2D eigenvalue weighted by Gasteiger charge is 2.00. The minimum absolute atomic E-state index is 0.671. The number of halogens is 1. The Labute approximate surface area is 112 Å². The van der Waals surface area contributed by atoms with Gasteiger partial charge in [0.05, 0.1) is 11.6 Å². The van der Waals surface area contributed by atoms with Gasteiger partial charge < -0.3 is 10.2 Å². The smallest absolute Gasteiger partial charge is 0.0992 e. The summed E-state index contributed by atoms with van der Waals surface area (Å²) in [5.74, 6) is 0. The fraction of sp³-hybridized carbons (Fsp3) is 0.462. The normalized spacial score (nSPS) is 10.3. The number of nitrogens with one attached hydrogen (secondary N) is 1. The number of rotatable bonds is 6. The summed E-state index contributed by atoms with van der Waals surface area (Å²) in [6.07, 6.45) is 0. The molecule has 1 rings (SSSR count). The Bertz CT molecular complexity index is 394. The van der Waals surface area contributed by atoms with Gasteiger partial charge in [0.1, 0.15) is 0 Å². The number of hydrogen-bond donors (Lipinski definition) is 1. The lowest BCUT2D eigenvalue weighted by molar-refractivity contribution is 0.316. The van der Waals surface area contributed by atoms with Crippen LogP contribution in [0.2, 0.25) is 0 Å². The van der Waals surface area contributed by atoms with Gasteiger partial charge in [0.2, 0.25) is 0 Å². The SMILES string of the molecule is CCN(CC)CCNc1cc(Br)cc(C#N)c1. The molecule has 0 radical (unpaired) electrons. The van der Waals surface area contributed by atoms with Crippen molar-refractivity contribution in [3.05, 3.63) is 28.2 Å². The molecule has 3 nitrogen and oxygen atoms in total. The van der Waals surface area contributed by atoms with Crippen molar-refractivity contribution in [2.24, 2.45) is 0 Å². The van der Waals surface area contributed by atoms with E-state index in [1.54, 1.807) is 0 Å². The molecule has 0 aliphatic rings. The minimum Gasteiger partial charge on any atom is -0.384 e. The molecule has 0 atom stereocenters. The third-order valence-corrected chi connectivity index (χ3v) is 3.14. The average molecular weight is 296 g/mol. The maximum atomic E-state index is 8.87. The van der Waals surface area contributed by atoms with Gasteiger partial charge in [0, 0.05) is 23.2 Å². The first-order valence-corrected chi connectivity index (χ1v) is 6.65. The highest BCUT2D eigenvalue weighted by Crippen LogP contribution is 2.18. The quantitative estimate of drug-likeness (QED) is 0.877. The molecular weight excluding hydrogens is 278 g/mol. The molecule has 1 aromatic carbocycles. The topological polar surface area (TPSA) is 39.1 Å². The molecule has 0 amide bonds. The van der Waals surface area contributed by atoms with Gasteiger partial charge in [-0.2, -0.15) is 5.26 Å². The third-order valence-electron chi connectivity index (χ3n) is 2.68. The van der Waals surface area contributed by atoms with Crippen LogP contribution in [-0.4, -0.2) is 31.1 Å². The lowest BCUT2D eigenvalue weighted by atomic mass is 10.2. The van der Waals surface area contributed by atoms with Crippen molar-refractivity contribution < 1.29 is 0 Å². The molecule has 17 heavy (non-hydrogen) atoms. The van der Waals surface area contributed by atoms with E-state index in [2.05, 4.69) is 46.1 Å². The van der Waals surface area contributed by atoms with Crippen LogP contribution in [0.25, 0.3) is 0 Å². The number of likely N-dealkylation sites (N-methyl/N-ethyl adjacent to an activating group) is 1. The molecule has 0 spiro atoms. The van der Waals surface area contributed by atoms with Gasteiger partial charge in [-0.15, -0.1) is 0 Å². The van der Waals surface area contributed by atoms with Crippen molar-refractivity contribution in [3.8, 4) is 6.07 Å². The zero-order valence-electron chi connectivity index (χ0n) is 10.3. The summed E-state index contributed by atoms with van der Waals surface area (Å²) >= 11 is 3.40. The van der Waals surface area contributed by atoms with Crippen LogP contribution < -0.4 is 5.32 Å². The Kier molecular flexibility index (Phi) is 6.03. The van der Waals surface area contributed by atoms with Gasteiger partial charge in [0.15, 0.2) is 0 Å². The lowest BCUT2D eigenvalue weighted by Crippen LogP contribution is -2.28. The van der Waals surface area contributed by atoms with Gasteiger partial charge in [-0.1, -0.05) is 29.8 Å². The molecule has 0 aliphatic carbocycles. The summed E-state index contributed by atoms with van der Waals surface area (Å²) in [6.45, 7) is 8.37. The van der Waals surface area contributed by atoms with Gasteiger partial charge in [-0.3, -0.25) is 0 Å². The summed E-state index contributed by atoms with van der Waals surface area (Å²) in [5, 5.41) is 12.2. The second-order valence-electron chi connectivity index (χ2n) is 3.79. The number of anilines is 1. The molecule has 0 aromatic heterocycles. The Morgan fingerprint density at radius 3 is 2.59 bits per heavy atom. The minimum atomic E-state index is 0.671. The van der Waals surface area contributed by atoms with Crippen molar-refractivity contribution >= 4 is 21.6 Å². The van der Waals surface area contributed by atoms with E-state index in [9.17, 15) is 0 Å². The maximum absolute atomic E-state index is 8.87. The van der Waals surface area contributed by atoms with Crippen LogP contribution in [0.4, 0.5) is 5.69 Å². The predicted molar refractivity (Wildman–Crippen MR) is 75.1 cm³/mol. The Hall–Kier alpha value is -1.05. The first kappa shape index (κ1) is 14.0. The van der Waals surface area contributed by atoms with Crippen LogP contribution in [-0.2, 0) is 0 Å². The fourth-order valence-electron chi connectivity index (χ4n) is 1.65. The van der Waals surface area contributed by atoms with Crippen molar-refractivity contribution in [3.63, 3.8) is 0 Å². The molecule has 0 heterocycles. The second-order valence-corrected chi connectivity index (χ2v) is 4.71. The van der Waals surface area contributed by atoms with Crippen LogP contribution in [0.5, 0.6) is 0 Å². The molecule has 0 saturated heterocycles. The van der Waals surface area contributed by atoms with Gasteiger partial charge in [-0.25, -0.2) is 0 Å². The van der Waals surface area contributed by atoms with Crippen molar-refractivity contribution in [1.82, 2.24) is 4.90 Å². The molecular formula is C13H18BrN3. The largest absolute Gasteiger partial charge is 0.384 e. The van der Waals surface area contributed by atoms with Crippen LogP contribution in [0.1, 0.15) is 19.4 Å². The Morgan fingerprint density at radius 1 is 1.29 bits per heavy atom. The maximum Gasteiger partial charge on any atom is 0.0992 e. The molecule has 4 heteroatoms. The van der Waals surface area contributed by atoms with Gasteiger partial charge >= 0.3 is 0 Å². The van der Waals surface area contributed by atoms with Crippen LogP contribution >= 0.6 is 15.9 Å². The van der Waals surface area contributed by atoms with Gasteiger partial charge in [0.25, 0.3) is 0 Å².